The quantitative estimate of drug-likeness (QED) is 0.649. The highest BCUT2D eigenvalue weighted by Gasteiger charge is 2.40. The third-order valence-corrected chi connectivity index (χ3v) is 6.29. The van der Waals surface area contributed by atoms with Crippen LogP contribution in [0.15, 0.2) is 16.5 Å². The summed E-state index contributed by atoms with van der Waals surface area (Å²) in [6.07, 6.45) is 5.38. The number of thiophene rings is 1. The van der Waals surface area contributed by atoms with Crippen LogP contribution in [0.4, 0.5) is 0 Å². The smallest absolute Gasteiger partial charge is 0.267 e. The summed E-state index contributed by atoms with van der Waals surface area (Å²) in [5.74, 6) is 2.70. The van der Waals surface area contributed by atoms with E-state index in [1.54, 1.807) is 11.3 Å². The molecular formula is C17H24N2OS. The lowest BCUT2D eigenvalue weighted by Gasteiger charge is -2.21. The Kier molecular flexibility index (Phi) is 4.16. The molecule has 2 aliphatic carbocycles. The van der Waals surface area contributed by atoms with E-state index in [1.165, 1.54) is 30.6 Å². The Morgan fingerprint density at radius 3 is 2.76 bits per heavy atom. The molecule has 21 heavy (non-hydrogen) atoms. The van der Waals surface area contributed by atoms with Crippen LogP contribution in [0.2, 0.25) is 0 Å². The van der Waals surface area contributed by atoms with Crippen LogP contribution in [0.1, 0.15) is 67.6 Å². The summed E-state index contributed by atoms with van der Waals surface area (Å²) in [6.45, 7) is 6.36. The Hall–Kier alpha value is -1.16. The van der Waals surface area contributed by atoms with E-state index in [0.29, 0.717) is 11.8 Å². The van der Waals surface area contributed by atoms with Gasteiger partial charge in [-0.2, -0.15) is 5.10 Å². The lowest BCUT2D eigenvalue weighted by Crippen LogP contribution is -2.24. The Morgan fingerprint density at radius 1 is 1.38 bits per heavy atom. The molecule has 3 nitrogen and oxygen atoms in total. The lowest BCUT2D eigenvalue weighted by molar-refractivity contribution is 0.0955. The number of carbonyl (C=O) groups excluding carboxylic acids is 1. The molecule has 1 aromatic rings. The first-order chi connectivity index (χ1) is 10.0. The van der Waals surface area contributed by atoms with E-state index in [2.05, 4.69) is 31.3 Å². The lowest BCUT2D eigenvalue weighted by atomic mass is 9.86. The number of nitrogens with one attached hydrogen (secondary N) is 1. The largest absolute Gasteiger partial charge is 0.272 e. The van der Waals surface area contributed by atoms with E-state index in [-0.39, 0.29) is 5.91 Å². The number of hydrazone groups is 1. The zero-order valence-electron chi connectivity index (χ0n) is 13.1. The first-order valence-electron chi connectivity index (χ1n) is 7.97. The van der Waals surface area contributed by atoms with Crippen LogP contribution in [0, 0.1) is 17.8 Å². The zero-order valence-corrected chi connectivity index (χ0v) is 13.9. The molecule has 1 N–H and O–H groups in total. The van der Waals surface area contributed by atoms with E-state index in [0.717, 1.165) is 23.1 Å². The van der Waals surface area contributed by atoms with Crippen LogP contribution in [-0.2, 0) is 0 Å². The van der Waals surface area contributed by atoms with Crippen LogP contribution in [-0.4, -0.2) is 11.6 Å². The fraction of sp³-hybridized carbons (Fsp3) is 0.647. The van der Waals surface area contributed by atoms with Gasteiger partial charge in [0.25, 0.3) is 5.91 Å². The second-order valence-corrected chi connectivity index (χ2v) is 7.81. The normalized spacial score (nSPS) is 28.4. The van der Waals surface area contributed by atoms with Crippen molar-refractivity contribution in [3.63, 3.8) is 0 Å². The van der Waals surface area contributed by atoms with Gasteiger partial charge in [-0.25, -0.2) is 5.43 Å². The molecule has 1 heterocycles. The summed E-state index contributed by atoms with van der Waals surface area (Å²) < 4.78 is 0. The Bertz CT molecular complexity index is 561. The molecule has 2 saturated carbocycles. The molecule has 4 heteroatoms. The standard InChI is InChI=1S/C17H24N2OS/c1-10(2)16-8-14(9-21-16)17(20)19-18-11(3)15-7-12-4-5-13(15)6-12/h8-10,12-13,15H,4-7H2,1-3H3,(H,19,20)/b18-11+/t12-,13-,15-/m0/s1. The molecule has 1 aromatic heterocycles. The Balaban J connectivity index is 1.60. The van der Waals surface area contributed by atoms with Gasteiger partial charge in [0.05, 0.1) is 5.56 Å². The van der Waals surface area contributed by atoms with Crippen LogP contribution < -0.4 is 5.43 Å². The first-order valence-corrected chi connectivity index (χ1v) is 8.85. The topological polar surface area (TPSA) is 41.5 Å². The first kappa shape index (κ1) is 14.8. The molecule has 2 aliphatic rings. The maximum absolute atomic E-state index is 12.1. The molecule has 0 aromatic carbocycles. The van der Waals surface area contributed by atoms with Gasteiger partial charge in [-0.1, -0.05) is 20.3 Å². The van der Waals surface area contributed by atoms with Crippen molar-refractivity contribution in [3.05, 3.63) is 21.9 Å². The van der Waals surface area contributed by atoms with Crippen molar-refractivity contribution < 1.29 is 4.79 Å². The van der Waals surface area contributed by atoms with Gasteiger partial charge in [0.2, 0.25) is 0 Å². The van der Waals surface area contributed by atoms with Crippen molar-refractivity contribution in [1.82, 2.24) is 5.43 Å². The van der Waals surface area contributed by atoms with E-state index >= 15 is 0 Å². The van der Waals surface area contributed by atoms with Crippen LogP contribution in [0.25, 0.3) is 0 Å². The number of hydrogen-bond donors (Lipinski definition) is 1. The molecule has 1 amide bonds. The molecule has 2 bridgehead atoms. The van der Waals surface area contributed by atoms with E-state index in [9.17, 15) is 4.79 Å². The summed E-state index contributed by atoms with van der Waals surface area (Å²) in [6, 6.07) is 1.98. The number of carbonyl (C=O) groups is 1. The van der Waals surface area contributed by atoms with Gasteiger partial charge in [-0.3, -0.25) is 4.79 Å². The average Bonchev–Trinajstić information content (AvgIpc) is 3.18. The van der Waals surface area contributed by atoms with Gasteiger partial charge in [0.1, 0.15) is 0 Å². The highest BCUT2D eigenvalue weighted by atomic mass is 32.1. The molecule has 0 aliphatic heterocycles. The molecule has 3 rings (SSSR count). The van der Waals surface area contributed by atoms with Crippen molar-refractivity contribution in [2.24, 2.45) is 22.9 Å². The number of fused-ring (bicyclic) bond motifs is 2. The molecular weight excluding hydrogens is 280 g/mol. The highest BCUT2D eigenvalue weighted by molar-refractivity contribution is 7.10. The third kappa shape index (κ3) is 3.05. The summed E-state index contributed by atoms with van der Waals surface area (Å²) in [5, 5.41) is 6.30. The van der Waals surface area contributed by atoms with Crippen molar-refractivity contribution >= 4 is 23.0 Å². The van der Waals surface area contributed by atoms with Crippen molar-refractivity contribution in [2.75, 3.05) is 0 Å². The Labute approximate surface area is 130 Å². The van der Waals surface area contributed by atoms with Crippen molar-refractivity contribution in [1.29, 1.82) is 0 Å². The SMILES string of the molecule is C/C(=N\NC(=O)c1csc(C(C)C)c1)[C@@H]1C[C@H]2CC[C@H]1C2. The molecule has 0 radical (unpaired) electrons. The molecule has 0 saturated heterocycles. The molecule has 3 atom stereocenters. The molecule has 114 valence electrons. The second-order valence-electron chi connectivity index (χ2n) is 6.87. The molecule has 0 unspecified atom stereocenters. The average molecular weight is 304 g/mol. The number of rotatable bonds is 4. The Morgan fingerprint density at radius 2 is 2.19 bits per heavy atom. The number of amides is 1. The minimum Gasteiger partial charge on any atom is -0.267 e. The summed E-state index contributed by atoms with van der Waals surface area (Å²) in [5.41, 5.74) is 4.58. The van der Waals surface area contributed by atoms with Gasteiger partial charge in [0.15, 0.2) is 0 Å². The minimum atomic E-state index is -0.0827. The maximum atomic E-state index is 12.1. The second kappa shape index (κ2) is 5.91. The van der Waals surface area contributed by atoms with Crippen LogP contribution in [0.5, 0.6) is 0 Å². The van der Waals surface area contributed by atoms with Crippen LogP contribution >= 0.6 is 11.3 Å². The van der Waals surface area contributed by atoms with Crippen molar-refractivity contribution in [2.45, 2.75) is 52.4 Å². The van der Waals surface area contributed by atoms with Gasteiger partial charge in [-0.05, 0) is 50.0 Å². The molecule has 2 fully saturated rings. The summed E-state index contributed by atoms with van der Waals surface area (Å²) in [4.78, 5) is 13.4. The fourth-order valence-electron chi connectivity index (χ4n) is 3.82. The van der Waals surface area contributed by atoms with E-state index < -0.39 is 0 Å². The van der Waals surface area contributed by atoms with Gasteiger partial charge in [-0.15, -0.1) is 11.3 Å². The molecule has 0 spiro atoms. The fourth-order valence-corrected chi connectivity index (χ4v) is 4.72. The highest BCUT2D eigenvalue weighted by Crippen LogP contribution is 2.48. The van der Waals surface area contributed by atoms with Crippen LogP contribution in [0.3, 0.4) is 0 Å². The van der Waals surface area contributed by atoms with E-state index in [4.69, 9.17) is 0 Å². The van der Waals surface area contributed by atoms with Gasteiger partial charge < -0.3 is 0 Å². The summed E-state index contributed by atoms with van der Waals surface area (Å²) >= 11 is 1.65. The minimum absolute atomic E-state index is 0.0827. The number of nitrogens with zero attached hydrogens (tertiary/aromatic N) is 1. The maximum Gasteiger partial charge on any atom is 0.272 e. The van der Waals surface area contributed by atoms with Crippen molar-refractivity contribution in [3.8, 4) is 0 Å². The number of hydrogen-bond acceptors (Lipinski definition) is 3. The van der Waals surface area contributed by atoms with Gasteiger partial charge in [0, 0.05) is 21.9 Å². The predicted octanol–water partition coefficient (Wildman–Crippen LogP) is 4.41. The summed E-state index contributed by atoms with van der Waals surface area (Å²) in [7, 11) is 0. The monoisotopic (exact) mass is 304 g/mol. The predicted molar refractivity (Wildman–Crippen MR) is 87.9 cm³/mol. The van der Waals surface area contributed by atoms with E-state index in [1.807, 2.05) is 11.4 Å². The zero-order chi connectivity index (χ0) is 15.0. The third-order valence-electron chi connectivity index (χ3n) is 5.06. The van der Waals surface area contributed by atoms with Gasteiger partial charge >= 0.3 is 0 Å².